The van der Waals surface area contributed by atoms with Crippen LogP contribution in [0.2, 0.25) is 0 Å². The van der Waals surface area contributed by atoms with Crippen molar-refractivity contribution in [1.82, 2.24) is 0 Å². The summed E-state index contributed by atoms with van der Waals surface area (Å²) in [5.41, 5.74) is 2.52. The van der Waals surface area contributed by atoms with Gasteiger partial charge in [-0.15, -0.1) is 11.3 Å². The van der Waals surface area contributed by atoms with Gasteiger partial charge in [0, 0.05) is 4.88 Å². The van der Waals surface area contributed by atoms with Crippen molar-refractivity contribution in [2.24, 2.45) is 0 Å². The van der Waals surface area contributed by atoms with Crippen LogP contribution in [0.1, 0.15) is 50.6 Å². The maximum atomic E-state index is 5.52. The number of ether oxygens (including phenoxy) is 1. The number of rotatable bonds is 5. The van der Waals surface area contributed by atoms with Crippen molar-refractivity contribution in [3.8, 4) is 5.75 Å². The Morgan fingerprint density at radius 1 is 1.24 bits per heavy atom. The van der Waals surface area contributed by atoms with E-state index in [1.165, 1.54) is 10.4 Å². The molecule has 1 aromatic heterocycles. The van der Waals surface area contributed by atoms with Crippen LogP contribution in [0.3, 0.4) is 0 Å². The van der Waals surface area contributed by atoms with Crippen LogP contribution in [-0.4, -0.2) is 7.11 Å². The van der Waals surface area contributed by atoms with Gasteiger partial charge in [0.1, 0.15) is 5.75 Å². The lowest BCUT2D eigenvalue weighted by atomic mass is 9.86. The first-order valence-electron chi connectivity index (χ1n) is 7.44. The molecule has 0 saturated carbocycles. The molecule has 0 saturated heterocycles. The van der Waals surface area contributed by atoms with Crippen LogP contribution in [0.15, 0.2) is 35.7 Å². The molecule has 1 heterocycles. The van der Waals surface area contributed by atoms with Gasteiger partial charge in [-0.25, -0.2) is 0 Å². The van der Waals surface area contributed by atoms with Gasteiger partial charge >= 0.3 is 0 Å². The van der Waals surface area contributed by atoms with E-state index in [2.05, 4.69) is 68.7 Å². The van der Waals surface area contributed by atoms with Crippen LogP contribution in [0, 0.1) is 0 Å². The molecule has 0 amide bonds. The number of anilines is 1. The van der Waals surface area contributed by atoms with E-state index in [-0.39, 0.29) is 5.41 Å². The lowest BCUT2D eigenvalue weighted by molar-refractivity contribution is 0.415. The molecule has 1 aromatic carbocycles. The predicted molar refractivity (Wildman–Crippen MR) is 92.7 cm³/mol. The number of methoxy groups -OCH3 is 1. The largest absolute Gasteiger partial charge is 0.495 e. The molecular formula is C18H25NOS. The summed E-state index contributed by atoms with van der Waals surface area (Å²) in [6.07, 6.45) is 1.05. The maximum Gasteiger partial charge on any atom is 0.141 e. The molecule has 1 N–H and O–H groups in total. The molecule has 0 aliphatic heterocycles. The van der Waals surface area contributed by atoms with Crippen LogP contribution < -0.4 is 10.1 Å². The topological polar surface area (TPSA) is 21.3 Å². The molecule has 0 radical (unpaired) electrons. The van der Waals surface area contributed by atoms with Crippen LogP contribution in [0.5, 0.6) is 5.75 Å². The first kappa shape index (κ1) is 15.9. The van der Waals surface area contributed by atoms with Crippen molar-refractivity contribution in [3.63, 3.8) is 0 Å². The standard InChI is InChI=1S/C18H25NOS/c1-6-14(17-8-7-11-21-17)19-15-12-13(18(2,3)4)9-10-16(15)20-5/h7-12,14,19H,6H2,1-5H3. The van der Waals surface area contributed by atoms with Gasteiger partial charge in [0.25, 0.3) is 0 Å². The van der Waals surface area contributed by atoms with Gasteiger partial charge in [-0.2, -0.15) is 0 Å². The molecule has 2 rings (SSSR count). The second-order valence-corrected chi connectivity index (χ2v) is 7.26. The van der Waals surface area contributed by atoms with Crippen molar-refractivity contribution in [2.45, 2.75) is 45.6 Å². The summed E-state index contributed by atoms with van der Waals surface area (Å²) >= 11 is 1.79. The van der Waals surface area contributed by atoms with Crippen LogP contribution >= 0.6 is 11.3 Å². The average molecular weight is 303 g/mol. The van der Waals surface area contributed by atoms with E-state index < -0.39 is 0 Å². The maximum absolute atomic E-state index is 5.52. The molecule has 1 atom stereocenters. The lowest BCUT2D eigenvalue weighted by Gasteiger charge is -2.24. The van der Waals surface area contributed by atoms with E-state index >= 15 is 0 Å². The molecule has 114 valence electrons. The number of hydrogen-bond donors (Lipinski definition) is 1. The Balaban J connectivity index is 2.32. The van der Waals surface area contributed by atoms with E-state index in [0.29, 0.717) is 6.04 Å². The second kappa shape index (κ2) is 6.52. The van der Waals surface area contributed by atoms with Crippen molar-refractivity contribution in [1.29, 1.82) is 0 Å². The summed E-state index contributed by atoms with van der Waals surface area (Å²) in [6.45, 7) is 8.90. The Kier molecular flexibility index (Phi) is 4.94. The zero-order valence-electron chi connectivity index (χ0n) is 13.6. The fourth-order valence-corrected chi connectivity index (χ4v) is 3.20. The summed E-state index contributed by atoms with van der Waals surface area (Å²) < 4.78 is 5.52. The molecule has 2 nitrogen and oxygen atoms in total. The Bertz CT molecular complexity index is 569. The number of thiophene rings is 1. The summed E-state index contributed by atoms with van der Waals surface area (Å²) in [6, 6.07) is 11.0. The van der Waals surface area contributed by atoms with Gasteiger partial charge in [-0.05, 0) is 41.0 Å². The minimum absolute atomic E-state index is 0.132. The van der Waals surface area contributed by atoms with Gasteiger partial charge in [0.2, 0.25) is 0 Å². The third-order valence-corrected chi connectivity index (χ3v) is 4.68. The summed E-state index contributed by atoms with van der Waals surface area (Å²) in [7, 11) is 1.73. The summed E-state index contributed by atoms with van der Waals surface area (Å²) in [5, 5.41) is 5.78. The highest BCUT2D eigenvalue weighted by atomic mass is 32.1. The fraction of sp³-hybridized carbons (Fsp3) is 0.444. The van der Waals surface area contributed by atoms with E-state index in [9.17, 15) is 0 Å². The van der Waals surface area contributed by atoms with Gasteiger partial charge in [0.05, 0.1) is 18.8 Å². The monoisotopic (exact) mass is 303 g/mol. The Hall–Kier alpha value is -1.48. The predicted octanol–water partition coefficient (Wildman–Crippen LogP) is 5.62. The molecule has 0 spiro atoms. The number of nitrogens with one attached hydrogen (secondary N) is 1. The highest BCUT2D eigenvalue weighted by molar-refractivity contribution is 7.10. The third kappa shape index (κ3) is 3.79. The lowest BCUT2D eigenvalue weighted by Crippen LogP contribution is -2.13. The van der Waals surface area contributed by atoms with Gasteiger partial charge in [-0.3, -0.25) is 0 Å². The second-order valence-electron chi connectivity index (χ2n) is 6.29. The molecule has 0 aliphatic carbocycles. The quantitative estimate of drug-likeness (QED) is 0.774. The Morgan fingerprint density at radius 2 is 2.00 bits per heavy atom. The molecule has 0 fully saturated rings. The van der Waals surface area contributed by atoms with Crippen molar-refractivity contribution < 1.29 is 4.74 Å². The van der Waals surface area contributed by atoms with E-state index in [0.717, 1.165) is 17.9 Å². The summed E-state index contributed by atoms with van der Waals surface area (Å²) in [5.74, 6) is 0.901. The highest BCUT2D eigenvalue weighted by Crippen LogP contribution is 2.35. The van der Waals surface area contributed by atoms with Crippen molar-refractivity contribution in [3.05, 3.63) is 46.2 Å². The van der Waals surface area contributed by atoms with Crippen molar-refractivity contribution in [2.75, 3.05) is 12.4 Å². The summed E-state index contributed by atoms with van der Waals surface area (Å²) in [4.78, 5) is 1.36. The minimum Gasteiger partial charge on any atom is -0.495 e. The number of benzene rings is 1. The first-order valence-corrected chi connectivity index (χ1v) is 8.32. The molecule has 21 heavy (non-hydrogen) atoms. The van der Waals surface area contributed by atoms with Crippen LogP contribution in [0.4, 0.5) is 5.69 Å². The van der Waals surface area contributed by atoms with Gasteiger partial charge in [0.15, 0.2) is 0 Å². The Labute approximate surface area is 132 Å². The molecular weight excluding hydrogens is 278 g/mol. The average Bonchev–Trinajstić information content (AvgIpc) is 2.97. The third-order valence-electron chi connectivity index (χ3n) is 3.69. The molecule has 1 unspecified atom stereocenters. The van der Waals surface area contributed by atoms with Crippen molar-refractivity contribution >= 4 is 17.0 Å². The van der Waals surface area contributed by atoms with Gasteiger partial charge in [-0.1, -0.05) is 39.8 Å². The normalized spacial score (nSPS) is 13.0. The number of hydrogen-bond acceptors (Lipinski definition) is 3. The molecule has 2 aromatic rings. The molecule has 0 aliphatic rings. The zero-order chi connectivity index (χ0) is 15.5. The van der Waals surface area contributed by atoms with E-state index in [1.54, 1.807) is 18.4 Å². The van der Waals surface area contributed by atoms with Crippen LogP contribution in [-0.2, 0) is 5.41 Å². The minimum atomic E-state index is 0.132. The Morgan fingerprint density at radius 3 is 2.52 bits per heavy atom. The first-order chi connectivity index (χ1) is 9.95. The SMILES string of the molecule is CCC(Nc1cc(C(C)(C)C)ccc1OC)c1cccs1. The highest BCUT2D eigenvalue weighted by Gasteiger charge is 2.18. The fourth-order valence-electron chi connectivity index (χ4n) is 2.34. The van der Waals surface area contributed by atoms with Gasteiger partial charge < -0.3 is 10.1 Å². The smallest absolute Gasteiger partial charge is 0.141 e. The van der Waals surface area contributed by atoms with Crippen LogP contribution in [0.25, 0.3) is 0 Å². The van der Waals surface area contributed by atoms with E-state index in [4.69, 9.17) is 4.74 Å². The zero-order valence-corrected chi connectivity index (χ0v) is 14.4. The molecule has 3 heteroatoms. The molecule has 0 bridgehead atoms. The van der Waals surface area contributed by atoms with E-state index in [1.807, 2.05) is 0 Å².